The lowest BCUT2D eigenvalue weighted by molar-refractivity contribution is -0.159. The summed E-state index contributed by atoms with van der Waals surface area (Å²) in [6.45, 7) is 0. The van der Waals surface area contributed by atoms with Crippen molar-refractivity contribution < 1.29 is 49.5 Å². The summed E-state index contributed by atoms with van der Waals surface area (Å²) in [6, 6.07) is 0. The van der Waals surface area contributed by atoms with Crippen molar-refractivity contribution in [1.29, 1.82) is 0 Å². The van der Waals surface area contributed by atoms with Crippen molar-refractivity contribution in [3.8, 4) is 0 Å². The molecule has 2 rings (SSSR count). The number of carboxylic acids is 5. The topological polar surface area (TPSA) is 225 Å². The minimum absolute atomic E-state index is 0.979. The minimum Gasteiger partial charge on any atom is -0.480 e. The molecule has 0 unspecified atom stereocenters. The van der Waals surface area contributed by atoms with Crippen LogP contribution in [-0.2, 0) is 24.0 Å². The fourth-order valence-electron chi connectivity index (χ4n) is 1.86. The molecule has 13 heteroatoms. The lowest BCUT2D eigenvalue weighted by atomic mass is 9.91. The van der Waals surface area contributed by atoms with Crippen molar-refractivity contribution in [2.24, 2.45) is 21.8 Å². The number of allylic oxidation sites excluding steroid dienone is 4. The smallest absolute Gasteiger partial charge is 0.328 e. The van der Waals surface area contributed by atoms with Gasteiger partial charge in [0.15, 0.2) is 0 Å². The Bertz CT molecular complexity index is 787. The standard InChI is InChI=1S/2C7H6O4.C4H6N2O2S/c2*8-5(9)7(6(10)11)3-1-2-4-7;5-6-3-9-2-1-4(7)8/h2*1-4H,(H,8,9)(H,10,11);1-3H,5H2,(H,7,8). The van der Waals surface area contributed by atoms with Gasteiger partial charge in [-0.05, 0) is 5.41 Å². The van der Waals surface area contributed by atoms with Crippen LogP contribution in [0.25, 0.3) is 0 Å². The minimum atomic E-state index is -1.83. The molecule has 2 aliphatic rings. The first kappa shape index (κ1) is 26.9. The average molecular weight is 454 g/mol. The number of hydrogen-bond acceptors (Lipinski definition) is 8. The van der Waals surface area contributed by atoms with Crippen molar-refractivity contribution in [3.63, 3.8) is 0 Å². The fraction of sp³-hybridized carbons (Fsp3) is 0.111. The summed E-state index contributed by atoms with van der Waals surface area (Å²) in [5.41, 5.74) is -2.33. The molecule has 0 amide bonds. The van der Waals surface area contributed by atoms with E-state index in [2.05, 4.69) is 5.10 Å². The van der Waals surface area contributed by atoms with Gasteiger partial charge in [-0.3, -0.25) is 19.2 Å². The monoisotopic (exact) mass is 454 g/mol. The summed E-state index contributed by atoms with van der Waals surface area (Å²) in [5, 5.41) is 46.7. The third kappa shape index (κ3) is 7.66. The van der Waals surface area contributed by atoms with E-state index < -0.39 is 40.7 Å². The van der Waals surface area contributed by atoms with Crippen LogP contribution in [0.15, 0.2) is 65.2 Å². The summed E-state index contributed by atoms with van der Waals surface area (Å²) in [4.78, 5) is 51.7. The zero-order chi connectivity index (χ0) is 24.1. The molecule has 0 aromatic rings. The van der Waals surface area contributed by atoms with Crippen LogP contribution < -0.4 is 5.84 Å². The van der Waals surface area contributed by atoms with Gasteiger partial charge in [0.05, 0.1) is 5.55 Å². The predicted molar refractivity (Wildman–Crippen MR) is 109 cm³/mol. The van der Waals surface area contributed by atoms with Crippen LogP contribution in [0.1, 0.15) is 0 Å². The molecule has 12 nitrogen and oxygen atoms in total. The SMILES string of the molecule is NN=CSC=CC(=O)O.O=C(O)C1(C(=O)O)C=CC=C1.O=C(O)C1(C(=O)O)C=CC=C1. The van der Waals surface area contributed by atoms with E-state index in [0.717, 1.165) is 42.1 Å². The lowest BCUT2D eigenvalue weighted by Crippen LogP contribution is -2.34. The Balaban J connectivity index is 0.000000439. The molecule has 7 N–H and O–H groups in total. The van der Waals surface area contributed by atoms with Crippen LogP contribution in [0.3, 0.4) is 0 Å². The van der Waals surface area contributed by atoms with Gasteiger partial charge in [0.25, 0.3) is 0 Å². The Morgan fingerprint density at radius 1 is 0.710 bits per heavy atom. The third-order valence-corrected chi connectivity index (χ3v) is 4.02. The van der Waals surface area contributed by atoms with E-state index in [1.54, 1.807) is 0 Å². The Labute approximate surface area is 179 Å². The van der Waals surface area contributed by atoms with Gasteiger partial charge < -0.3 is 31.4 Å². The number of hydrazone groups is 1. The number of thioether (sulfide) groups is 1. The first-order chi connectivity index (χ1) is 14.5. The Morgan fingerprint density at radius 3 is 1.23 bits per heavy atom. The van der Waals surface area contributed by atoms with Gasteiger partial charge in [-0.15, -0.1) is 0 Å². The van der Waals surface area contributed by atoms with Crippen LogP contribution in [0.2, 0.25) is 0 Å². The molecule has 0 bridgehead atoms. The molecule has 0 aromatic heterocycles. The van der Waals surface area contributed by atoms with Crippen LogP contribution in [0.5, 0.6) is 0 Å². The second kappa shape index (κ2) is 12.4. The number of nitrogens with two attached hydrogens (primary N) is 1. The van der Waals surface area contributed by atoms with Gasteiger partial charge in [0, 0.05) is 6.08 Å². The van der Waals surface area contributed by atoms with Gasteiger partial charge in [-0.2, -0.15) is 5.10 Å². The van der Waals surface area contributed by atoms with Gasteiger partial charge >= 0.3 is 29.8 Å². The summed E-state index contributed by atoms with van der Waals surface area (Å²) in [6.07, 6.45) is 11.2. The molecule has 0 aromatic carbocycles. The number of hydrogen-bond donors (Lipinski definition) is 6. The maximum absolute atomic E-state index is 10.5. The highest BCUT2D eigenvalue weighted by Crippen LogP contribution is 2.27. The molecule has 0 heterocycles. The second-order valence-corrected chi connectivity index (χ2v) is 6.18. The molecule has 0 aliphatic heterocycles. The first-order valence-electron chi connectivity index (χ1n) is 7.90. The summed E-state index contributed by atoms with van der Waals surface area (Å²) in [7, 11) is 0. The third-order valence-electron chi connectivity index (χ3n) is 3.49. The first-order valence-corrected chi connectivity index (χ1v) is 8.85. The second-order valence-electron chi connectivity index (χ2n) is 5.43. The molecule has 0 fully saturated rings. The molecule has 0 atom stereocenters. The Kier molecular flexibility index (Phi) is 10.8. The van der Waals surface area contributed by atoms with E-state index in [9.17, 15) is 24.0 Å². The van der Waals surface area contributed by atoms with E-state index in [0.29, 0.717) is 0 Å². The highest BCUT2D eigenvalue weighted by Gasteiger charge is 2.43. The number of rotatable bonds is 7. The molecule has 0 spiro atoms. The van der Waals surface area contributed by atoms with E-state index in [4.69, 9.17) is 31.4 Å². The molecular weight excluding hydrogens is 436 g/mol. The molecule has 166 valence electrons. The number of carboxylic acid groups (broad SMARTS) is 5. The Hall–Kier alpha value is -4.13. The van der Waals surface area contributed by atoms with Crippen molar-refractivity contribution in [2.75, 3.05) is 0 Å². The molecule has 0 saturated carbocycles. The molecular formula is C18H18N2O10S. The zero-order valence-corrected chi connectivity index (χ0v) is 16.4. The number of nitrogens with zero attached hydrogens (tertiary/aromatic N) is 1. The van der Waals surface area contributed by atoms with E-state index >= 15 is 0 Å². The normalized spacial score (nSPS) is 16.4. The highest BCUT2D eigenvalue weighted by atomic mass is 32.2. The number of aliphatic carboxylic acids is 5. The van der Waals surface area contributed by atoms with E-state index in [-0.39, 0.29) is 0 Å². The van der Waals surface area contributed by atoms with Crippen molar-refractivity contribution in [2.45, 2.75) is 0 Å². The van der Waals surface area contributed by atoms with E-state index in [1.807, 2.05) is 0 Å². The maximum atomic E-state index is 10.5. The van der Waals surface area contributed by atoms with Gasteiger partial charge in [0.2, 0.25) is 10.8 Å². The van der Waals surface area contributed by atoms with Gasteiger partial charge in [-0.1, -0.05) is 60.4 Å². The lowest BCUT2D eigenvalue weighted by Gasteiger charge is -2.12. The molecule has 0 radical (unpaired) electrons. The highest BCUT2D eigenvalue weighted by molar-refractivity contribution is 8.14. The van der Waals surface area contributed by atoms with Gasteiger partial charge in [-0.25, -0.2) is 4.79 Å². The Morgan fingerprint density at radius 2 is 1.03 bits per heavy atom. The average Bonchev–Trinajstić information content (AvgIpc) is 3.37. The van der Waals surface area contributed by atoms with Gasteiger partial charge in [0.1, 0.15) is 0 Å². The molecule has 0 saturated heterocycles. The van der Waals surface area contributed by atoms with Crippen molar-refractivity contribution >= 4 is 47.2 Å². The number of carbonyl (C=O) groups is 5. The predicted octanol–water partition coefficient (Wildman–Crippen LogP) is 0.756. The van der Waals surface area contributed by atoms with E-state index in [1.165, 1.54) is 35.3 Å². The van der Waals surface area contributed by atoms with Crippen LogP contribution in [-0.4, -0.2) is 60.9 Å². The summed E-state index contributed by atoms with van der Waals surface area (Å²) >= 11 is 1.10. The molecule has 2 aliphatic carbocycles. The van der Waals surface area contributed by atoms with Crippen LogP contribution in [0.4, 0.5) is 0 Å². The largest absolute Gasteiger partial charge is 0.480 e. The quantitative estimate of drug-likeness (QED) is 0.0782. The fourth-order valence-corrected chi connectivity index (χ4v) is 2.20. The van der Waals surface area contributed by atoms with Crippen LogP contribution >= 0.6 is 11.8 Å². The van der Waals surface area contributed by atoms with Crippen molar-refractivity contribution in [3.05, 3.63) is 60.1 Å². The summed E-state index contributed by atoms with van der Waals surface area (Å²) in [5.74, 6) is -1.73. The zero-order valence-electron chi connectivity index (χ0n) is 15.6. The summed E-state index contributed by atoms with van der Waals surface area (Å²) < 4.78 is 0. The molecule has 31 heavy (non-hydrogen) atoms. The van der Waals surface area contributed by atoms with Crippen LogP contribution in [0, 0.1) is 10.8 Å². The van der Waals surface area contributed by atoms with Crippen molar-refractivity contribution in [1.82, 2.24) is 0 Å². The maximum Gasteiger partial charge on any atom is 0.328 e.